The summed E-state index contributed by atoms with van der Waals surface area (Å²) in [6, 6.07) is 11.6. The second-order valence-electron chi connectivity index (χ2n) is 4.91. The van der Waals surface area contributed by atoms with Crippen molar-refractivity contribution in [3.63, 3.8) is 0 Å². The third-order valence-electron chi connectivity index (χ3n) is 3.40. The quantitative estimate of drug-likeness (QED) is 0.634. The summed E-state index contributed by atoms with van der Waals surface area (Å²) in [6.07, 6.45) is 1.57. The molecule has 1 aromatic carbocycles. The lowest BCUT2D eigenvalue weighted by atomic mass is 10.1. The predicted octanol–water partition coefficient (Wildman–Crippen LogP) is 2.13. The monoisotopic (exact) mass is 296 g/mol. The molecule has 1 aliphatic rings. The number of nitrogens with zero attached hydrogens (tertiary/aromatic N) is 4. The molecule has 7 heteroatoms. The van der Waals surface area contributed by atoms with Gasteiger partial charge in [-0.05, 0) is 24.3 Å². The molecule has 0 N–H and O–H groups in total. The van der Waals surface area contributed by atoms with Gasteiger partial charge in [0.15, 0.2) is 0 Å². The average molecular weight is 296 g/mol. The fraction of sp³-hybridized carbons (Fsp3) is 0.200. The molecule has 1 saturated heterocycles. The molecule has 0 bridgehead atoms. The first-order valence-electron chi connectivity index (χ1n) is 6.68. The minimum atomic E-state index is -0.439. The average Bonchev–Trinajstić information content (AvgIpc) is 2.51. The van der Waals surface area contributed by atoms with Crippen LogP contribution < -0.4 is 9.64 Å². The maximum atomic E-state index is 10.6. The fourth-order valence-corrected chi connectivity index (χ4v) is 2.18. The van der Waals surface area contributed by atoms with Crippen LogP contribution in [0.5, 0.6) is 5.75 Å². The van der Waals surface area contributed by atoms with E-state index in [1.807, 2.05) is 11.0 Å². The molecule has 1 aromatic heterocycles. The Morgan fingerprint density at radius 1 is 1.27 bits per heavy atom. The maximum Gasteiger partial charge on any atom is 0.269 e. The van der Waals surface area contributed by atoms with E-state index in [0.29, 0.717) is 24.4 Å². The number of pyridine rings is 1. The first-order valence-corrected chi connectivity index (χ1v) is 6.68. The smallest absolute Gasteiger partial charge is 0.269 e. The van der Waals surface area contributed by atoms with E-state index >= 15 is 0 Å². The molecule has 0 atom stereocenters. The lowest BCUT2D eigenvalue weighted by Gasteiger charge is -2.39. The highest BCUT2D eigenvalue weighted by Crippen LogP contribution is 2.24. The number of hydrogen-bond donors (Lipinski definition) is 0. The van der Waals surface area contributed by atoms with Crippen molar-refractivity contribution in [1.82, 2.24) is 4.98 Å². The Bertz CT molecular complexity index is 716. The number of non-ortho nitro benzene ring substituents is 1. The van der Waals surface area contributed by atoms with Gasteiger partial charge >= 0.3 is 0 Å². The van der Waals surface area contributed by atoms with Crippen molar-refractivity contribution < 1.29 is 9.66 Å². The van der Waals surface area contributed by atoms with E-state index in [-0.39, 0.29) is 11.8 Å². The molecule has 1 aliphatic heterocycles. The lowest BCUT2D eigenvalue weighted by molar-refractivity contribution is -0.384. The van der Waals surface area contributed by atoms with Crippen molar-refractivity contribution in [2.45, 2.75) is 6.10 Å². The topological polar surface area (TPSA) is 92.3 Å². The van der Waals surface area contributed by atoms with E-state index in [0.717, 1.165) is 5.82 Å². The number of nitriles is 1. The summed E-state index contributed by atoms with van der Waals surface area (Å²) in [6.45, 7) is 1.38. The summed E-state index contributed by atoms with van der Waals surface area (Å²) in [5.74, 6) is 1.42. The Labute approximate surface area is 126 Å². The van der Waals surface area contributed by atoms with Crippen molar-refractivity contribution in [1.29, 1.82) is 5.26 Å². The van der Waals surface area contributed by atoms with Crippen LogP contribution in [-0.4, -0.2) is 29.1 Å². The Balaban J connectivity index is 1.54. The summed E-state index contributed by atoms with van der Waals surface area (Å²) in [7, 11) is 0. The third-order valence-corrected chi connectivity index (χ3v) is 3.40. The number of rotatable bonds is 4. The fourth-order valence-electron chi connectivity index (χ4n) is 2.18. The molecule has 1 fully saturated rings. The number of nitro groups is 1. The van der Waals surface area contributed by atoms with E-state index in [1.165, 1.54) is 12.1 Å². The van der Waals surface area contributed by atoms with Gasteiger partial charge in [-0.25, -0.2) is 4.98 Å². The molecule has 0 unspecified atom stereocenters. The number of ether oxygens (including phenoxy) is 1. The van der Waals surface area contributed by atoms with Crippen molar-refractivity contribution in [3.8, 4) is 11.8 Å². The molecule has 0 spiro atoms. The van der Waals surface area contributed by atoms with Gasteiger partial charge in [0, 0.05) is 18.3 Å². The molecule has 0 saturated carbocycles. The van der Waals surface area contributed by atoms with E-state index in [4.69, 9.17) is 10.00 Å². The summed E-state index contributed by atoms with van der Waals surface area (Å²) in [4.78, 5) is 16.4. The standard InChI is InChI=1S/C15H12N4O3/c16-7-11-1-6-15(17-8-11)18-9-14(10-18)22-13-4-2-12(3-5-13)19(20)21/h1-6,8,14H,9-10H2. The Morgan fingerprint density at radius 2 is 2.00 bits per heavy atom. The SMILES string of the molecule is N#Cc1ccc(N2CC(Oc3ccc([N+](=O)[O-])cc3)C2)nc1. The maximum absolute atomic E-state index is 10.6. The van der Waals surface area contributed by atoms with Gasteiger partial charge in [-0.3, -0.25) is 10.1 Å². The Morgan fingerprint density at radius 3 is 2.55 bits per heavy atom. The molecule has 3 rings (SSSR count). The highest BCUT2D eigenvalue weighted by molar-refractivity contribution is 5.45. The number of benzene rings is 1. The summed E-state index contributed by atoms with van der Waals surface area (Å²) >= 11 is 0. The number of aromatic nitrogens is 1. The van der Waals surface area contributed by atoms with Crippen LogP contribution in [0.15, 0.2) is 42.6 Å². The first-order chi connectivity index (χ1) is 10.7. The minimum Gasteiger partial charge on any atom is -0.487 e. The van der Waals surface area contributed by atoms with Gasteiger partial charge in [0.25, 0.3) is 5.69 Å². The van der Waals surface area contributed by atoms with E-state index in [9.17, 15) is 10.1 Å². The zero-order valence-electron chi connectivity index (χ0n) is 11.5. The highest BCUT2D eigenvalue weighted by atomic mass is 16.6. The highest BCUT2D eigenvalue weighted by Gasteiger charge is 2.29. The van der Waals surface area contributed by atoms with Crippen LogP contribution in [-0.2, 0) is 0 Å². The second-order valence-corrected chi connectivity index (χ2v) is 4.91. The van der Waals surface area contributed by atoms with Gasteiger partial charge in [-0.15, -0.1) is 0 Å². The number of hydrogen-bond acceptors (Lipinski definition) is 6. The van der Waals surface area contributed by atoms with Crippen molar-refractivity contribution >= 4 is 11.5 Å². The third kappa shape index (κ3) is 2.81. The number of anilines is 1. The molecule has 0 aliphatic carbocycles. The van der Waals surface area contributed by atoms with E-state index in [1.54, 1.807) is 30.5 Å². The zero-order valence-corrected chi connectivity index (χ0v) is 11.5. The van der Waals surface area contributed by atoms with Crippen LogP contribution in [0.1, 0.15) is 5.56 Å². The second kappa shape index (κ2) is 5.69. The molecule has 0 amide bonds. The number of nitro benzene ring substituents is 1. The van der Waals surface area contributed by atoms with Crippen LogP contribution in [0.4, 0.5) is 11.5 Å². The largest absolute Gasteiger partial charge is 0.487 e. The molecule has 0 radical (unpaired) electrons. The lowest BCUT2D eigenvalue weighted by Crippen LogP contribution is -2.54. The van der Waals surface area contributed by atoms with Crippen LogP contribution in [0, 0.1) is 21.4 Å². The molecular weight excluding hydrogens is 284 g/mol. The van der Waals surface area contributed by atoms with Crippen LogP contribution in [0.3, 0.4) is 0 Å². The summed E-state index contributed by atoms with van der Waals surface area (Å²) < 4.78 is 5.74. The van der Waals surface area contributed by atoms with E-state index < -0.39 is 4.92 Å². The van der Waals surface area contributed by atoms with Gasteiger partial charge in [0.05, 0.1) is 23.6 Å². The van der Waals surface area contributed by atoms with Crippen LogP contribution in [0.2, 0.25) is 0 Å². The first kappa shape index (κ1) is 13.8. The van der Waals surface area contributed by atoms with Crippen molar-refractivity contribution in [2.24, 2.45) is 0 Å². The molecule has 7 nitrogen and oxygen atoms in total. The molecular formula is C15H12N4O3. The van der Waals surface area contributed by atoms with Gasteiger partial charge in [0.2, 0.25) is 0 Å². The molecule has 2 heterocycles. The Hall–Kier alpha value is -3.14. The van der Waals surface area contributed by atoms with Crippen LogP contribution in [0.25, 0.3) is 0 Å². The van der Waals surface area contributed by atoms with Crippen LogP contribution >= 0.6 is 0 Å². The Kier molecular flexibility index (Phi) is 3.58. The van der Waals surface area contributed by atoms with Crippen molar-refractivity contribution in [2.75, 3.05) is 18.0 Å². The molecule has 22 heavy (non-hydrogen) atoms. The van der Waals surface area contributed by atoms with E-state index in [2.05, 4.69) is 4.98 Å². The summed E-state index contributed by atoms with van der Waals surface area (Å²) in [5.41, 5.74) is 0.576. The molecule has 2 aromatic rings. The normalized spacial score (nSPS) is 14.0. The van der Waals surface area contributed by atoms with Gasteiger partial charge < -0.3 is 9.64 Å². The molecule has 110 valence electrons. The zero-order chi connectivity index (χ0) is 15.5. The van der Waals surface area contributed by atoms with Gasteiger partial charge in [0.1, 0.15) is 23.7 Å². The summed E-state index contributed by atoms with van der Waals surface area (Å²) in [5, 5.41) is 19.3. The van der Waals surface area contributed by atoms with Gasteiger partial charge in [-0.1, -0.05) is 0 Å². The van der Waals surface area contributed by atoms with Crippen molar-refractivity contribution in [3.05, 3.63) is 58.3 Å². The minimum absolute atomic E-state index is 0.0268. The van der Waals surface area contributed by atoms with Gasteiger partial charge in [-0.2, -0.15) is 5.26 Å². The predicted molar refractivity (Wildman–Crippen MR) is 78.7 cm³/mol.